The van der Waals surface area contributed by atoms with Gasteiger partial charge in [0.05, 0.1) is 12.1 Å². The Bertz CT molecular complexity index is 1230. The number of hydrogen-bond acceptors (Lipinski definition) is 8. The first-order valence-corrected chi connectivity index (χ1v) is 13.1. The normalized spacial score (nSPS) is 11.6. The number of aliphatic imine (C=N–C) groups is 1. The number of nitrogens with two attached hydrogens (primary N) is 1. The molecule has 3 aromatic carbocycles. The van der Waals surface area contributed by atoms with E-state index < -0.39 is 18.2 Å². The number of nitrogens with zero attached hydrogens (tertiary/aromatic N) is 1. The number of carbonyl (C=O) groups excluding carboxylic acids is 3. The first-order valence-electron chi connectivity index (χ1n) is 13.1. The highest BCUT2D eigenvalue weighted by Crippen LogP contribution is 2.16. The second-order valence-corrected chi connectivity index (χ2v) is 9.17. The van der Waals surface area contributed by atoms with Crippen molar-refractivity contribution in [2.45, 2.75) is 45.1 Å². The molecule has 0 fully saturated rings. The summed E-state index contributed by atoms with van der Waals surface area (Å²) in [5.74, 6) is -0.345. The fourth-order valence-electron chi connectivity index (χ4n) is 3.62. The quantitative estimate of drug-likeness (QED) is 0.125. The van der Waals surface area contributed by atoms with Crippen LogP contribution >= 0.6 is 12.4 Å². The minimum absolute atomic E-state index is 0. The molecule has 0 radical (unpaired) electrons. The average Bonchev–Trinajstić information content (AvgIpc) is 2.98. The number of ether oxygens (including phenoxy) is 2. The summed E-state index contributed by atoms with van der Waals surface area (Å²) in [6.07, 6.45) is -0.917. The van der Waals surface area contributed by atoms with Crippen molar-refractivity contribution in [3.63, 3.8) is 0 Å². The fraction of sp³-hybridized carbons (Fsp3) is 0.267. The molecule has 2 atom stereocenters. The summed E-state index contributed by atoms with van der Waals surface area (Å²) in [6.45, 7) is 2.04. The van der Waals surface area contributed by atoms with E-state index >= 15 is 0 Å². The second kappa shape index (κ2) is 17.9. The highest BCUT2D eigenvalue weighted by molar-refractivity contribution is 6.01. The number of carbonyl (C=O) groups is 3. The molecule has 3 amide bonds. The molecule has 0 aromatic heterocycles. The van der Waals surface area contributed by atoms with Crippen LogP contribution in [0.2, 0.25) is 0 Å². The monoisotopic (exact) mass is 597 g/mol. The zero-order chi connectivity index (χ0) is 29.5. The molecule has 3 aromatic rings. The molecule has 11 nitrogen and oxygen atoms in total. The van der Waals surface area contributed by atoms with Crippen LogP contribution in [0.3, 0.4) is 0 Å². The minimum Gasteiger partial charge on any atom is -0.508 e. The molecule has 0 aliphatic heterocycles. The van der Waals surface area contributed by atoms with Crippen LogP contribution in [0.5, 0.6) is 5.75 Å². The van der Waals surface area contributed by atoms with Crippen LogP contribution in [0.25, 0.3) is 0 Å². The molecule has 0 saturated heterocycles. The lowest BCUT2D eigenvalue weighted by molar-refractivity contribution is -0.123. The molecular formula is C30H36ClN5O6. The lowest BCUT2D eigenvalue weighted by atomic mass is 10.1. The molecule has 3 rings (SSSR count). The Labute approximate surface area is 250 Å². The van der Waals surface area contributed by atoms with Crippen LogP contribution in [0, 0.1) is 0 Å². The molecule has 0 unspecified atom stereocenters. The molecule has 0 spiro atoms. The van der Waals surface area contributed by atoms with Gasteiger partial charge in [0.1, 0.15) is 19.0 Å². The van der Waals surface area contributed by atoms with Gasteiger partial charge in [-0.2, -0.15) is 0 Å². The van der Waals surface area contributed by atoms with Crippen LogP contribution < -0.4 is 21.7 Å². The van der Waals surface area contributed by atoms with E-state index in [-0.39, 0.29) is 55.8 Å². The van der Waals surface area contributed by atoms with Gasteiger partial charge in [-0.15, -0.1) is 12.4 Å². The Balaban J connectivity index is 0.00000616. The molecule has 42 heavy (non-hydrogen) atoms. The molecule has 0 heterocycles. The Morgan fingerprint density at radius 2 is 1.33 bits per heavy atom. The van der Waals surface area contributed by atoms with E-state index in [2.05, 4.69) is 20.9 Å². The predicted molar refractivity (Wildman–Crippen MR) is 161 cm³/mol. The Morgan fingerprint density at radius 1 is 0.833 bits per heavy atom. The number of phenolic OH excluding ortho intramolecular Hbond substituents is 1. The third-order valence-electron chi connectivity index (χ3n) is 5.90. The van der Waals surface area contributed by atoms with Crippen molar-refractivity contribution in [3.8, 4) is 5.75 Å². The highest BCUT2D eigenvalue weighted by atomic mass is 35.5. The average molecular weight is 598 g/mol. The standard InChI is InChI=1S/C30H35N5O6.ClH/c1-21(24-14-16-25(36)17-15-24)33-27(37)26(31)13-8-18-32-28(34-29(38)40-19-22-9-4-2-5-10-22)35-30(39)41-20-23-11-6-3-7-12-23;/h2-7,9-12,14-17,21,26,36H,8,13,18-20,31H2,1H3,(H,33,37)(H2,32,34,35,38,39);1H/t21-,26-;/m1./s1. The molecule has 6 N–H and O–H groups in total. The molecule has 0 aliphatic rings. The van der Waals surface area contributed by atoms with Crippen molar-refractivity contribution < 1.29 is 29.0 Å². The highest BCUT2D eigenvalue weighted by Gasteiger charge is 2.17. The third-order valence-corrected chi connectivity index (χ3v) is 5.90. The molecular weight excluding hydrogens is 562 g/mol. The maximum absolute atomic E-state index is 12.5. The first-order chi connectivity index (χ1) is 19.8. The van der Waals surface area contributed by atoms with Gasteiger partial charge < -0.3 is 25.6 Å². The molecule has 0 aliphatic carbocycles. The molecule has 0 bridgehead atoms. The predicted octanol–water partition coefficient (Wildman–Crippen LogP) is 4.31. The Hall–Kier alpha value is -4.61. The van der Waals surface area contributed by atoms with Gasteiger partial charge >= 0.3 is 12.2 Å². The van der Waals surface area contributed by atoms with Crippen molar-refractivity contribution in [1.82, 2.24) is 16.0 Å². The number of phenols is 1. The topological polar surface area (TPSA) is 164 Å². The van der Waals surface area contributed by atoms with Crippen molar-refractivity contribution in [2.24, 2.45) is 10.7 Å². The van der Waals surface area contributed by atoms with Crippen molar-refractivity contribution in [2.75, 3.05) is 6.54 Å². The number of nitrogens with one attached hydrogen (secondary N) is 3. The SMILES string of the molecule is C[C@@H](NC(=O)[C@H](N)CCCN=C(NC(=O)OCc1ccccc1)NC(=O)OCc1ccccc1)c1ccc(O)cc1.Cl. The van der Waals surface area contributed by atoms with Crippen LogP contribution in [0.4, 0.5) is 9.59 Å². The van der Waals surface area contributed by atoms with E-state index in [1.807, 2.05) is 67.6 Å². The summed E-state index contributed by atoms with van der Waals surface area (Å²) < 4.78 is 10.4. The third kappa shape index (κ3) is 12.3. The number of alkyl carbamates (subject to hydrolysis) is 2. The Kier molecular flexibility index (Phi) is 14.4. The zero-order valence-corrected chi connectivity index (χ0v) is 24.0. The molecule has 0 saturated carbocycles. The van der Waals surface area contributed by atoms with Gasteiger partial charge in [-0.25, -0.2) is 9.59 Å². The Morgan fingerprint density at radius 3 is 1.83 bits per heavy atom. The second-order valence-electron chi connectivity index (χ2n) is 9.17. The van der Waals surface area contributed by atoms with Gasteiger partial charge in [-0.3, -0.25) is 20.4 Å². The number of rotatable bonds is 11. The van der Waals surface area contributed by atoms with E-state index in [0.29, 0.717) is 12.8 Å². The first kappa shape index (κ1) is 33.6. The number of amides is 3. The number of aromatic hydroxyl groups is 1. The maximum Gasteiger partial charge on any atom is 0.414 e. The van der Waals surface area contributed by atoms with E-state index in [1.54, 1.807) is 24.3 Å². The van der Waals surface area contributed by atoms with Crippen molar-refractivity contribution in [3.05, 3.63) is 102 Å². The smallest absolute Gasteiger partial charge is 0.414 e. The number of benzene rings is 3. The van der Waals surface area contributed by atoms with Crippen LogP contribution in [-0.4, -0.2) is 41.7 Å². The number of halogens is 1. The van der Waals surface area contributed by atoms with Gasteiger partial charge in [0.15, 0.2) is 0 Å². The lowest BCUT2D eigenvalue weighted by Crippen LogP contribution is -2.44. The van der Waals surface area contributed by atoms with Crippen LogP contribution in [0.15, 0.2) is 89.9 Å². The van der Waals surface area contributed by atoms with Gasteiger partial charge in [-0.05, 0) is 48.6 Å². The summed E-state index contributed by atoms with van der Waals surface area (Å²) in [5, 5.41) is 17.1. The van der Waals surface area contributed by atoms with Crippen molar-refractivity contribution >= 4 is 36.5 Å². The number of hydrogen-bond donors (Lipinski definition) is 5. The maximum atomic E-state index is 12.5. The zero-order valence-electron chi connectivity index (χ0n) is 23.2. The van der Waals surface area contributed by atoms with Crippen LogP contribution in [-0.2, 0) is 27.5 Å². The van der Waals surface area contributed by atoms with Gasteiger partial charge in [-0.1, -0.05) is 72.8 Å². The molecule has 12 heteroatoms. The lowest BCUT2D eigenvalue weighted by Gasteiger charge is -2.18. The summed E-state index contributed by atoms with van der Waals surface area (Å²) in [5.41, 5.74) is 8.47. The van der Waals surface area contributed by atoms with E-state index in [0.717, 1.165) is 16.7 Å². The van der Waals surface area contributed by atoms with E-state index in [4.69, 9.17) is 15.2 Å². The summed E-state index contributed by atoms with van der Waals surface area (Å²) in [7, 11) is 0. The van der Waals surface area contributed by atoms with Gasteiger partial charge in [0.2, 0.25) is 11.9 Å². The van der Waals surface area contributed by atoms with Crippen molar-refractivity contribution in [1.29, 1.82) is 0 Å². The minimum atomic E-state index is -0.810. The van der Waals surface area contributed by atoms with Crippen LogP contribution in [0.1, 0.15) is 42.5 Å². The summed E-state index contributed by atoms with van der Waals surface area (Å²) in [4.78, 5) is 41.5. The summed E-state index contributed by atoms with van der Waals surface area (Å²) >= 11 is 0. The number of guanidine groups is 1. The fourth-order valence-corrected chi connectivity index (χ4v) is 3.62. The van der Waals surface area contributed by atoms with Gasteiger partial charge in [0.25, 0.3) is 0 Å². The van der Waals surface area contributed by atoms with Gasteiger partial charge in [0, 0.05) is 6.54 Å². The van der Waals surface area contributed by atoms with E-state index in [9.17, 15) is 19.5 Å². The molecule has 224 valence electrons. The summed E-state index contributed by atoms with van der Waals surface area (Å²) in [6, 6.07) is 23.7. The largest absolute Gasteiger partial charge is 0.508 e. The van der Waals surface area contributed by atoms with E-state index in [1.165, 1.54) is 0 Å².